The van der Waals surface area contributed by atoms with E-state index < -0.39 is 74.6 Å². The van der Waals surface area contributed by atoms with Crippen LogP contribution in [0.15, 0.2) is 0 Å². The molecule has 0 aromatic rings. The predicted molar refractivity (Wildman–Crippen MR) is 68.6 cm³/mol. The Kier molecular flexibility index (Phi) is 5.92. The number of rotatable bonds is 5. The van der Waals surface area contributed by atoms with Gasteiger partial charge in [-0.05, 0) is 0 Å². The number of hydrogen-bond donors (Lipinski definition) is 8. The van der Waals surface area contributed by atoms with E-state index in [0.29, 0.717) is 0 Å². The second kappa shape index (κ2) is 7.21. The van der Waals surface area contributed by atoms with Gasteiger partial charge in [-0.2, -0.15) is 0 Å². The number of aliphatic hydroxyl groups is 8. The Hall–Kier alpha value is -0.440. The van der Waals surface area contributed by atoms with Gasteiger partial charge in [-0.1, -0.05) is 0 Å². The van der Waals surface area contributed by atoms with Crippen LogP contribution in [0, 0.1) is 0 Å². The normalized spacial score (nSPS) is 51.1. The Labute approximate surface area is 130 Å². The summed E-state index contributed by atoms with van der Waals surface area (Å²) in [6, 6.07) is 0. The van der Waals surface area contributed by atoms with Gasteiger partial charge in [0.25, 0.3) is 0 Å². The fourth-order valence-corrected chi connectivity index (χ4v) is 2.59. The molecule has 0 amide bonds. The Morgan fingerprint density at radius 2 is 1.48 bits per heavy atom. The topological polar surface area (TPSA) is 190 Å². The van der Waals surface area contributed by atoms with Crippen molar-refractivity contribution in [3.05, 3.63) is 0 Å². The van der Waals surface area contributed by atoms with Crippen LogP contribution < -0.4 is 0 Å². The molecule has 0 aromatic carbocycles. The van der Waals surface area contributed by atoms with Gasteiger partial charge in [0, 0.05) is 0 Å². The van der Waals surface area contributed by atoms with Crippen molar-refractivity contribution in [2.45, 2.75) is 54.8 Å². The van der Waals surface area contributed by atoms with Crippen molar-refractivity contribution in [1.82, 2.24) is 0 Å². The molecule has 0 aliphatic carbocycles. The van der Waals surface area contributed by atoms with E-state index >= 15 is 0 Å². The smallest absolute Gasteiger partial charge is 0.221 e. The van der Waals surface area contributed by atoms with Gasteiger partial charge in [0.05, 0.1) is 13.2 Å². The summed E-state index contributed by atoms with van der Waals surface area (Å²) in [5, 5.41) is 76.3. The molecule has 0 radical (unpaired) electrons. The first-order valence-corrected chi connectivity index (χ1v) is 7.04. The first-order chi connectivity index (χ1) is 10.8. The minimum absolute atomic E-state index is 0.551. The molecule has 2 rings (SSSR count). The van der Waals surface area contributed by atoms with Crippen molar-refractivity contribution in [2.75, 3.05) is 19.8 Å². The fourth-order valence-electron chi connectivity index (χ4n) is 2.59. The summed E-state index contributed by atoms with van der Waals surface area (Å²) >= 11 is 0. The van der Waals surface area contributed by atoms with Crippen LogP contribution in [0.2, 0.25) is 0 Å². The van der Waals surface area contributed by atoms with Crippen LogP contribution in [-0.4, -0.2) is 115 Å². The van der Waals surface area contributed by atoms with Crippen molar-refractivity contribution in [2.24, 2.45) is 0 Å². The quantitative estimate of drug-likeness (QED) is 0.238. The van der Waals surface area contributed by atoms with Crippen LogP contribution in [0.4, 0.5) is 0 Å². The van der Waals surface area contributed by atoms with Gasteiger partial charge in [0.15, 0.2) is 6.29 Å². The van der Waals surface area contributed by atoms with Crippen LogP contribution in [-0.2, 0) is 14.2 Å². The Morgan fingerprint density at radius 1 is 0.826 bits per heavy atom. The molecule has 0 bridgehead atoms. The van der Waals surface area contributed by atoms with Crippen molar-refractivity contribution >= 4 is 0 Å². The van der Waals surface area contributed by atoms with E-state index in [4.69, 9.17) is 19.3 Å². The van der Waals surface area contributed by atoms with E-state index in [2.05, 4.69) is 0 Å². The molecule has 0 aromatic heterocycles. The highest BCUT2D eigenvalue weighted by Gasteiger charge is 2.56. The lowest BCUT2D eigenvalue weighted by Gasteiger charge is -2.39. The lowest BCUT2D eigenvalue weighted by atomic mass is 9.99. The van der Waals surface area contributed by atoms with Gasteiger partial charge in [0.1, 0.15) is 49.3 Å². The highest BCUT2D eigenvalue weighted by Crippen LogP contribution is 2.33. The Balaban J connectivity index is 2.03. The van der Waals surface area contributed by atoms with E-state index in [0.717, 1.165) is 0 Å². The van der Waals surface area contributed by atoms with Gasteiger partial charge < -0.3 is 55.1 Å². The molecule has 9 atom stereocenters. The molecular formula is C12H22O11. The van der Waals surface area contributed by atoms with Crippen LogP contribution in [0.25, 0.3) is 0 Å². The van der Waals surface area contributed by atoms with Crippen LogP contribution in [0.5, 0.6) is 0 Å². The number of ether oxygens (including phenoxy) is 3. The highest BCUT2D eigenvalue weighted by molar-refractivity contribution is 4.97. The first kappa shape index (κ1) is 18.9. The maximum Gasteiger partial charge on any atom is 0.221 e. The molecule has 2 aliphatic heterocycles. The molecular weight excluding hydrogens is 320 g/mol. The molecule has 11 nitrogen and oxygen atoms in total. The third-order valence-corrected chi connectivity index (χ3v) is 4.09. The second-order valence-electron chi connectivity index (χ2n) is 5.59. The summed E-state index contributed by atoms with van der Waals surface area (Å²) in [6.07, 6.45) is -12.5. The van der Waals surface area contributed by atoms with Gasteiger partial charge in [-0.15, -0.1) is 0 Å². The van der Waals surface area contributed by atoms with Crippen molar-refractivity contribution < 1.29 is 55.1 Å². The Morgan fingerprint density at radius 3 is 2.00 bits per heavy atom. The molecule has 8 N–H and O–H groups in total. The minimum atomic E-state index is -2.07. The maximum atomic E-state index is 9.94. The van der Waals surface area contributed by atoms with E-state index in [9.17, 15) is 35.7 Å². The molecule has 23 heavy (non-hydrogen) atoms. The zero-order chi connectivity index (χ0) is 17.4. The van der Waals surface area contributed by atoms with Crippen LogP contribution in [0.1, 0.15) is 0 Å². The summed E-state index contributed by atoms with van der Waals surface area (Å²) in [4.78, 5) is 0. The van der Waals surface area contributed by atoms with Crippen LogP contribution in [0.3, 0.4) is 0 Å². The largest absolute Gasteiger partial charge is 0.394 e. The molecule has 2 saturated heterocycles. The first-order valence-electron chi connectivity index (χ1n) is 7.04. The number of aliphatic hydroxyl groups excluding tert-OH is 8. The molecule has 2 fully saturated rings. The monoisotopic (exact) mass is 342 g/mol. The van der Waals surface area contributed by atoms with Crippen molar-refractivity contribution in [1.29, 1.82) is 0 Å². The summed E-state index contributed by atoms with van der Waals surface area (Å²) in [5.41, 5.74) is 0. The van der Waals surface area contributed by atoms with E-state index in [1.54, 1.807) is 0 Å². The van der Waals surface area contributed by atoms with Gasteiger partial charge >= 0.3 is 0 Å². The summed E-state index contributed by atoms with van der Waals surface area (Å²) in [5.74, 6) is -2.07. The molecule has 11 heteroatoms. The molecule has 0 unspecified atom stereocenters. The lowest BCUT2D eigenvalue weighted by Crippen LogP contribution is -2.60. The number of hydrogen-bond acceptors (Lipinski definition) is 11. The zero-order valence-corrected chi connectivity index (χ0v) is 12.0. The summed E-state index contributed by atoms with van der Waals surface area (Å²) in [7, 11) is 0. The minimum Gasteiger partial charge on any atom is -0.394 e. The summed E-state index contributed by atoms with van der Waals surface area (Å²) in [6.45, 7) is -2.06. The van der Waals surface area contributed by atoms with Crippen LogP contribution >= 0.6 is 0 Å². The second-order valence-corrected chi connectivity index (χ2v) is 5.59. The van der Waals surface area contributed by atoms with Gasteiger partial charge in [-0.3, -0.25) is 0 Å². The third kappa shape index (κ3) is 3.36. The fraction of sp³-hybridized carbons (Fsp3) is 1.00. The van der Waals surface area contributed by atoms with Crippen molar-refractivity contribution in [3.63, 3.8) is 0 Å². The average molecular weight is 342 g/mol. The molecule has 0 spiro atoms. The molecule has 2 heterocycles. The average Bonchev–Trinajstić information content (AvgIpc) is 2.80. The van der Waals surface area contributed by atoms with Gasteiger partial charge in [-0.25, -0.2) is 0 Å². The predicted octanol–water partition coefficient (Wildman–Crippen LogP) is -5.40. The lowest BCUT2D eigenvalue weighted by molar-refractivity contribution is -0.321. The highest BCUT2D eigenvalue weighted by atomic mass is 16.7. The maximum absolute atomic E-state index is 9.94. The molecule has 136 valence electrons. The standard InChI is InChI=1S/C12H22O11/c13-1-4-7(16)10(19)12(3-14,23-4)21-2-5-6(15)8(17)9(18)11(20)22-5/h4-11,13-20H,1-3H2/t4-,5-,6-,7-,8+,9-,10+,11+,12-/m1/s1. The van der Waals surface area contributed by atoms with E-state index in [1.807, 2.05) is 0 Å². The third-order valence-electron chi connectivity index (χ3n) is 4.09. The van der Waals surface area contributed by atoms with Crippen molar-refractivity contribution in [3.8, 4) is 0 Å². The summed E-state index contributed by atoms with van der Waals surface area (Å²) < 4.78 is 15.2. The molecule has 2 aliphatic rings. The van der Waals surface area contributed by atoms with E-state index in [1.165, 1.54) is 0 Å². The Bertz CT molecular complexity index is 395. The molecule has 0 saturated carbocycles. The van der Waals surface area contributed by atoms with E-state index in [-0.39, 0.29) is 0 Å². The van der Waals surface area contributed by atoms with Gasteiger partial charge in [0.2, 0.25) is 5.79 Å². The zero-order valence-electron chi connectivity index (χ0n) is 12.0. The SMILES string of the molecule is OC[C@H]1O[C@@](CO)(OC[C@H]2O[C@H](O)[C@H](O)[C@@H](O)[C@@H]2O)[C@@H](O)[C@@H]1O.